The number of halogens is 2. The minimum absolute atomic E-state index is 0. The Hall–Kier alpha value is -0.860. The number of benzene rings is 1. The first-order valence-corrected chi connectivity index (χ1v) is 12.8. The molecule has 0 fully saturated rings. The molecule has 0 spiro atoms. The third-order valence-electron chi connectivity index (χ3n) is 4.89. The van der Waals surface area contributed by atoms with E-state index in [1.165, 1.54) is 62.0 Å². The number of pyridine rings is 1. The van der Waals surface area contributed by atoms with Crippen molar-refractivity contribution in [3.63, 3.8) is 0 Å². The van der Waals surface area contributed by atoms with Crippen LogP contribution in [-0.2, 0) is 23.3 Å². The van der Waals surface area contributed by atoms with Crippen LogP contribution in [0.3, 0.4) is 0 Å². The van der Waals surface area contributed by atoms with Gasteiger partial charge in [-0.3, -0.25) is 11.1 Å². The predicted octanol–water partition coefficient (Wildman–Crippen LogP) is 7.70. The minimum atomic E-state index is 0. The third-order valence-corrected chi connectivity index (χ3v) is 4.89. The average Bonchev–Trinajstić information content (AvgIpc) is 3.22. The van der Waals surface area contributed by atoms with Gasteiger partial charge < -0.3 is 14.9 Å². The summed E-state index contributed by atoms with van der Waals surface area (Å²) in [5.41, 5.74) is 6.69. The molecule has 0 bridgehead atoms. The molecule has 4 rings (SSSR count). The number of rotatable bonds is 1. The van der Waals surface area contributed by atoms with Crippen LogP contribution in [0, 0.1) is 26.8 Å². The van der Waals surface area contributed by atoms with Crippen LogP contribution >= 0.6 is 24.8 Å². The van der Waals surface area contributed by atoms with E-state index in [1.807, 2.05) is 12.3 Å². The van der Waals surface area contributed by atoms with Gasteiger partial charge in [0.15, 0.2) is 0 Å². The van der Waals surface area contributed by atoms with Gasteiger partial charge in [-0.1, -0.05) is 38.8 Å². The van der Waals surface area contributed by atoms with Gasteiger partial charge in [0, 0.05) is 12.4 Å². The molecule has 1 atom stereocenters. The van der Waals surface area contributed by atoms with Gasteiger partial charge in [-0.05, 0) is 11.6 Å². The van der Waals surface area contributed by atoms with Crippen LogP contribution < -0.4 is 0 Å². The molecule has 1 aliphatic carbocycles. The van der Waals surface area contributed by atoms with E-state index in [4.69, 9.17) is 0 Å². The number of allylic oxidation sites excluding steroid dienone is 4. The molecule has 0 amide bonds. The molecule has 3 aromatic rings. The van der Waals surface area contributed by atoms with Gasteiger partial charge in [0.05, 0.1) is 0 Å². The van der Waals surface area contributed by atoms with Gasteiger partial charge in [0.1, 0.15) is 0 Å². The zero-order chi connectivity index (χ0) is 19.1. The Morgan fingerprint density at radius 1 is 1.00 bits per heavy atom. The number of hydrogen-bond donors (Lipinski definition) is 0. The Kier molecular flexibility index (Phi) is 18.9. The first kappa shape index (κ1) is 33.8. The van der Waals surface area contributed by atoms with E-state index in [2.05, 4.69) is 88.1 Å². The summed E-state index contributed by atoms with van der Waals surface area (Å²) in [6, 6.07) is 16.8. The standard InChI is InChI=1S/C14H10N.C9H13.2CH3.2ClH.Si.Zr/c1-2-6-13-11(4-1)7-8-14(13)12-5-3-9-15-10-12;1-6-5-7(2)9(4)8(6)3;;;;;;/h1-10H;6H,1-4H3;2*1H3;2*1H;;/q4*-1;;;;. The van der Waals surface area contributed by atoms with E-state index in [0.29, 0.717) is 5.92 Å². The van der Waals surface area contributed by atoms with Crippen molar-refractivity contribution in [1.82, 2.24) is 4.98 Å². The molecule has 0 saturated heterocycles. The van der Waals surface area contributed by atoms with Gasteiger partial charge >= 0.3 is 30.2 Å². The van der Waals surface area contributed by atoms with Gasteiger partial charge in [0.25, 0.3) is 0 Å². The Morgan fingerprint density at radius 3 is 2.10 bits per heavy atom. The Bertz CT molecular complexity index is 932. The molecule has 2 aromatic carbocycles. The largest absolute Gasteiger partial charge is 0.265 e. The minimum Gasteiger partial charge on any atom is -0.265 e. The van der Waals surface area contributed by atoms with Crippen molar-refractivity contribution in [2.75, 3.05) is 0 Å². The van der Waals surface area contributed by atoms with Crippen molar-refractivity contribution in [2.24, 2.45) is 5.92 Å². The molecule has 1 nitrogen and oxygen atoms in total. The SMILES string of the molecule is CC1=[C-]C(C)C(C)=C1C.Cl.Cl.[CH3-].[CH3-].[Si]=[Zr].c1cncc(-c2c[cH-]c3ccccc23)c1. The van der Waals surface area contributed by atoms with Gasteiger partial charge in [-0.15, -0.1) is 78.4 Å². The first-order chi connectivity index (χ1) is 12.6. The van der Waals surface area contributed by atoms with E-state index in [-0.39, 0.29) is 39.7 Å². The van der Waals surface area contributed by atoms with Gasteiger partial charge in [-0.2, -0.15) is 11.1 Å². The Labute approximate surface area is 212 Å². The Balaban J connectivity index is -0.000000431. The summed E-state index contributed by atoms with van der Waals surface area (Å²) in [6.07, 6.45) is 7.06. The van der Waals surface area contributed by atoms with Crippen molar-refractivity contribution >= 4 is 42.5 Å². The van der Waals surface area contributed by atoms with Crippen LogP contribution in [0.2, 0.25) is 0 Å². The summed E-state index contributed by atoms with van der Waals surface area (Å²) in [6.45, 7) is 11.7. The fourth-order valence-electron chi connectivity index (χ4n) is 3.09. The second-order valence-electron chi connectivity index (χ2n) is 6.37. The number of aromatic nitrogens is 1. The molecule has 0 aliphatic heterocycles. The zero-order valence-electron chi connectivity index (χ0n) is 18.6. The monoisotopic (exact) mass is 533 g/mol. The first-order valence-electron chi connectivity index (χ1n) is 8.65. The fraction of sp³-hybridized carbons (Fsp3) is 0.200. The Morgan fingerprint density at radius 2 is 1.63 bits per heavy atom. The predicted molar refractivity (Wildman–Crippen MR) is 136 cm³/mol. The van der Waals surface area contributed by atoms with Crippen molar-refractivity contribution in [2.45, 2.75) is 27.7 Å². The van der Waals surface area contributed by atoms with Crippen LogP contribution in [-0.4, -0.2) is 11.9 Å². The van der Waals surface area contributed by atoms with Crippen molar-refractivity contribution in [3.8, 4) is 11.1 Å². The molecule has 1 unspecified atom stereocenters. The van der Waals surface area contributed by atoms with Gasteiger partial charge in [0.2, 0.25) is 0 Å². The maximum absolute atomic E-state index is 4.15. The average molecular weight is 536 g/mol. The normalized spacial score (nSPS) is 13.6. The third kappa shape index (κ3) is 8.35. The summed E-state index contributed by atoms with van der Waals surface area (Å²) in [7, 11) is 0. The number of hydrogen-bond acceptors (Lipinski definition) is 1. The van der Waals surface area contributed by atoms with Crippen LogP contribution in [0.25, 0.3) is 21.9 Å². The van der Waals surface area contributed by atoms with Crippen molar-refractivity contribution < 1.29 is 23.3 Å². The number of fused-ring (bicyclic) bond motifs is 1. The molecule has 1 aromatic heterocycles. The van der Waals surface area contributed by atoms with E-state index in [0.717, 1.165) is 0 Å². The molecule has 1 heterocycles. The second-order valence-corrected chi connectivity index (χ2v) is 6.37. The van der Waals surface area contributed by atoms with E-state index in [1.54, 1.807) is 6.20 Å². The summed E-state index contributed by atoms with van der Waals surface area (Å²) < 4.78 is 0. The molecule has 162 valence electrons. The second kappa shape index (κ2) is 16.8. The summed E-state index contributed by atoms with van der Waals surface area (Å²) in [4.78, 5) is 4.15. The molecule has 5 heteroatoms. The van der Waals surface area contributed by atoms with E-state index < -0.39 is 0 Å². The maximum Gasteiger partial charge on any atom is 0.0267 e. The molecular weight excluding hydrogens is 504 g/mol. The van der Waals surface area contributed by atoms with Crippen molar-refractivity contribution in [1.29, 1.82) is 0 Å². The topological polar surface area (TPSA) is 12.9 Å². The summed E-state index contributed by atoms with van der Waals surface area (Å²) in [5, 5.41) is 2.59. The van der Waals surface area contributed by atoms with E-state index in [9.17, 15) is 0 Å². The van der Waals surface area contributed by atoms with Crippen LogP contribution in [0.5, 0.6) is 0 Å². The van der Waals surface area contributed by atoms with E-state index >= 15 is 0 Å². The van der Waals surface area contributed by atoms with Crippen LogP contribution in [0.15, 0.2) is 77.6 Å². The number of nitrogens with zero attached hydrogens (tertiary/aromatic N) is 1. The maximum atomic E-state index is 4.15. The molecular formula is C25H31Cl2NSiZr-4. The zero-order valence-corrected chi connectivity index (χ0v) is 23.7. The summed E-state index contributed by atoms with van der Waals surface area (Å²) in [5.74, 6) is 0.560. The van der Waals surface area contributed by atoms with Crippen LogP contribution in [0.4, 0.5) is 0 Å². The fourth-order valence-corrected chi connectivity index (χ4v) is 3.09. The molecule has 30 heavy (non-hydrogen) atoms. The van der Waals surface area contributed by atoms with Crippen LogP contribution in [0.1, 0.15) is 27.7 Å². The smallest absolute Gasteiger partial charge is 0.0267 e. The molecule has 2 radical (unpaired) electrons. The summed E-state index contributed by atoms with van der Waals surface area (Å²) >= 11 is 1.36. The quantitative estimate of drug-likeness (QED) is 0.230. The molecule has 0 N–H and O–H groups in total. The van der Waals surface area contributed by atoms with Crippen molar-refractivity contribution in [3.05, 3.63) is 98.6 Å². The molecule has 0 saturated carbocycles. The molecule has 1 aliphatic rings. The van der Waals surface area contributed by atoms with Gasteiger partial charge in [-0.25, -0.2) is 5.57 Å².